The first kappa shape index (κ1) is 15.3. The van der Waals surface area contributed by atoms with E-state index < -0.39 is 0 Å². The van der Waals surface area contributed by atoms with Crippen LogP contribution in [0.25, 0.3) is 10.9 Å². The Morgan fingerprint density at radius 3 is 2.57 bits per heavy atom. The highest BCUT2D eigenvalue weighted by molar-refractivity contribution is 6.06. The number of ketones is 1. The Labute approximate surface area is 136 Å². The van der Waals surface area contributed by atoms with Gasteiger partial charge in [-0.1, -0.05) is 35.9 Å². The van der Waals surface area contributed by atoms with E-state index in [1.54, 1.807) is 6.92 Å². The van der Waals surface area contributed by atoms with Crippen molar-refractivity contribution >= 4 is 16.7 Å². The van der Waals surface area contributed by atoms with Crippen molar-refractivity contribution in [1.82, 2.24) is 4.57 Å². The van der Waals surface area contributed by atoms with E-state index in [2.05, 4.69) is 17.6 Å². The van der Waals surface area contributed by atoms with Gasteiger partial charge >= 0.3 is 0 Å². The van der Waals surface area contributed by atoms with Gasteiger partial charge in [0.25, 0.3) is 0 Å². The van der Waals surface area contributed by atoms with Crippen LogP contribution in [0.3, 0.4) is 0 Å². The highest BCUT2D eigenvalue weighted by Crippen LogP contribution is 2.22. The van der Waals surface area contributed by atoms with Gasteiger partial charge in [0.05, 0.1) is 6.61 Å². The minimum Gasteiger partial charge on any atom is -0.494 e. The summed E-state index contributed by atoms with van der Waals surface area (Å²) in [6.45, 7) is 5.17. The van der Waals surface area contributed by atoms with Gasteiger partial charge in [-0.25, -0.2) is 0 Å². The lowest BCUT2D eigenvalue weighted by molar-refractivity contribution is 0.101. The average molecular weight is 307 g/mol. The van der Waals surface area contributed by atoms with Crippen molar-refractivity contribution in [3.8, 4) is 5.75 Å². The number of nitrogens with zero attached hydrogens (tertiary/aromatic N) is 1. The van der Waals surface area contributed by atoms with Gasteiger partial charge in [0.1, 0.15) is 5.75 Å². The fraction of sp³-hybridized carbons (Fsp3) is 0.250. The maximum absolute atomic E-state index is 11.8. The predicted octanol–water partition coefficient (Wildman–Crippen LogP) is 4.62. The van der Waals surface area contributed by atoms with Crippen LogP contribution >= 0.6 is 0 Å². The third-order valence-corrected chi connectivity index (χ3v) is 4.00. The van der Waals surface area contributed by atoms with Gasteiger partial charge in [-0.2, -0.15) is 0 Å². The Bertz CT molecular complexity index is 815. The van der Waals surface area contributed by atoms with Crippen LogP contribution in [-0.2, 0) is 6.54 Å². The van der Waals surface area contributed by atoms with E-state index in [0.717, 1.165) is 35.2 Å². The quantitative estimate of drug-likeness (QED) is 0.491. The molecule has 1 heterocycles. The van der Waals surface area contributed by atoms with Gasteiger partial charge in [-0.3, -0.25) is 4.79 Å². The third-order valence-electron chi connectivity index (χ3n) is 4.00. The molecule has 3 aromatic rings. The van der Waals surface area contributed by atoms with Crippen molar-refractivity contribution in [3.63, 3.8) is 0 Å². The number of fused-ring (bicyclic) bond motifs is 1. The van der Waals surface area contributed by atoms with Crippen LogP contribution in [0.1, 0.15) is 29.3 Å². The summed E-state index contributed by atoms with van der Waals surface area (Å²) < 4.78 is 7.91. The number of Topliss-reactive ketones (excluding diaryl/α,β-unsaturated/α-hetero) is 1. The van der Waals surface area contributed by atoms with Crippen LogP contribution in [0.4, 0.5) is 0 Å². The maximum Gasteiger partial charge on any atom is 0.161 e. The molecule has 23 heavy (non-hydrogen) atoms. The fourth-order valence-corrected chi connectivity index (χ4v) is 2.77. The molecule has 3 nitrogen and oxygen atoms in total. The number of carbonyl (C=O) groups is 1. The smallest absolute Gasteiger partial charge is 0.161 e. The minimum atomic E-state index is 0.107. The number of benzene rings is 2. The summed E-state index contributed by atoms with van der Waals surface area (Å²) in [5.41, 5.74) is 3.13. The summed E-state index contributed by atoms with van der Waals surface area (Å²) >= 11 is 0. The zero-order valence-electron chi connectivity index (χ0n) is 13.6. The second-order valence-corrected chi connectivity index (χ2v) is 5.82. The van der Waals surface area contributed by atoms with Gasteiger partial charge in [-0.15, -0.1) is 0 Å². The standard InChI is InChI=1S/C20H21NO2/c1-15-8-10-17(11-9-15)23-13-5-12-21-14-19(16(2)22)18-6-3-4-7-20(18)21/h3-4,6-11,14H,5,12-13H2,1-2H3. The molecule has 3 rings (SSSR count). The number of aromatic nitrogens is 1. The van der Waals surface area contributed by atoms with Gasteiger partial charge in [0.15, 0.2) is 5.78 Å². The third kappa shape index (κ3) is 3.45. The Morgan fingerprint density at radius 1 is 1.09 bits per heavy atom. The normalized spacial score (nSPS) is 10.9. The van der Waals surface area contributed by atoms with E-state index in [9.17, 15) is 4.79 Å². The number of hydrogen-bond donors (Lipinski definition) is 0. The van der Waals surface area contributed by atoms with Crippen LogP contribution in [0, 0.1) is 6.92 Å². The summed E-state index contributed by atoms with van der Waals surface area (Å²) in [4.78, 5) is 11.8. The Balaban J connectivity index is 1.65. The fourth-order valence-electron chi connectivity index (χ4n) is 2.77. The first-order valence-electron chi connectivity index (χ1n) is 7.93. The molecule has 0 aliphatic carbocycles. The number of para-hydroxylation sites is 1. The molecule has 0 aliphatic rings. The molecule has 3 heteroatoms. The summed E-state index contributed by atoms with van der Waals surface area (Å²) in [5.74, 6) is 1.01. The van der Waals surface area contributed by atoms with E-state index in [4.69, 9.17) is 4.74 Å². The average Bonchev–Trinajstić information content (AvgIpc) is 2.92. The number of ether oxygens (including phenoxy) is 1. The van der Waals surface area contributed by atoms with Crippen molar-refractivity contribution in [2.24, 2.45) is 0 Å². The van der Waals surface area contributed by atoms with E-state index in [1.807, 2.05) is 48.7 Å². The van der Waals surface area contributed by atoms with Crippen molar-refractivity contribution in [2.75, 3.05) is 6.61 Å². The highest BCUT2D eigenvalue weighted by Gasteiger charge is 2.10. The van der Waals surface area contributed by atoms with E-state index in [1.165, 1.54) is 5.56 Å². The molecule has 0 spiro atoms. The number of carbonyl (C=O) groups excluding carboxylic acids is 1. The zero-order chi connectivity index (χ0) is 16.2. The molecule has 0 radical (unpaired) electrons. The van der Waals surface area contributed by atoms with Gasteiger partial charge in [-0.05, 0) is 38.5 Å². The van der Waals surface area contributed by atoms with E-state index >= 15 is 0 Å². The SMILES string of the molecule is CC(=O)c1cn(CCCOc2ccc(C)cc2)c2ccccc12. The summed E-state index contributed by atoms with van der Waals surface area (Å²) in [6.07, 6.45) is 2.85. The van der Waals surface area contributed by atoms with Gasteiger partial charge < -0.3 is 9.30 Å². The molecule has 2 aromatic carbocycles. The first-order valence-corrected chi connectivity index (χ1v) is 7.93. The Hall–Kier alpha value is -2.55. The topological polar surface area (TPSA) is 31.2 Å². The number of rotatable bonds is 6. The lowest BCUT2D eigenvalue weighted by Gasteiger charge is -2.08. The van der Waals surface area contributed by atoms with Crippen LogP contribution in [-0.4, -0.2) is 17.0 Å². The summed E-state index contributed by atoms with van der Waals surface area (Å²) in [6, 6.07) is 16.1. The molecule has 0 saturated carbocycles. The maximum atomic E-state index is 11.8. The first-order chi connectivity index (χ1) is 11.1. The largest absolute Gasteiger partial charge is 0.494 e. The molecule has 0 N–H and O–H groups in total. The molecule has 118 valence electrons. The van der Waals surface area contributed by atoms with Crippen molar-refractivity contribution in [3.05, 3.63) is 65.9 Å². The summed E-state index contributed by atoms with van der Waals surface area (Å²) in [7, 11) is 0. The predicted molar refractivity (Wildman–Crippen MR) is 93.2 cm³/mol. The minimum absolute atomic E-state index is 0.107. The molecular weight excluding hydrogens is 286 g/mol. The highest BCUT2D eigenvalue weighted by atomic mass is 16.5. The lowest BCUT2D eigenvalue weighted by atomic mass is 10.1. The van der Waals surface area contributed by atoms with E-state index in [-0.39, 0.29) is 5.78 Å². The van der Waals surface area contributed by atoms with Crippen molar-refractivity contribution < 1.29 is 9.53 Å². The molecule has 0 aliphatic heterocycles. The molecule has 0 amide bonds. The Kier molecular flexibility index (Phi) is 4.47. The zero-order valence-corrected chi connectivity index (χ0v) is 13.6. The number of hydrogen-bond acceptors (Lipinski definition) is 2. The molecule has 0 bridgehead atoms. The van der Waals surface area contributed by atoms with Crippen LogP contribution < -0.4 is 4.74 Å². The monoisotopic (exact) mass is 307 g/mol. The number of aryl methyl sites for hydroxylation is 2. The van der Waals surface area contributed by atoms with Crippen molar-refractivity contribution in [2.45, 2.75) is 26.8 Å². The van der Waals surface area contributed by atoms with Gasteiger partial charge in [0, 0.05) is 29.2 Å². The van der Waals surface area contributed by atoms with Crippen LogP contribution in [0.2, 0.25) is 0 Å². The van der Waals surface area contributed by atoms with E-state index in [0.29, 0.717) is 6.61 Å². The molecular formula is C20H21NO2. The second kappa shape index (κ2) is 6.69. The van der Waals surface area contributed by atoms with Crippen LogP contribution in [0.5, 0.6) is 5.75 Å². The molecule has 0 saturated heterocycles. The molecule has 0 atom stereocenters. The molecule has 0 fully saturated rings. The summed E-state index contributed by atoms with van der Waals surface area (Å²) in [5, 5.41) is 1.03. The van der Waals surface area contributed by atoms with Gasteiger partial charge in [0.2, 0.25) is 0 Å². The van der Waals surface area contributed by atoms with Crippen molar-refractivity contribution in [1.29, 1.82) is 0 Å². The Morgan fingerprint density at radius 2 is 1.83 bits per heavy atom. The second-order valence-electron chi connectivity index (χ2n) is 5.82. The van der Waals surface area contributed by atoms with Crippen LogP contribution in [0.15, 0.2) is 54.7 Å². The molecule has 0 unspecified atom stereocenters. The molecule has 1 aromatic heterocycles. The lowest BCUT2D eigenvalue weighted by Crippen LogP contribution is -2.03.